The number of H-pyrrole nitrogens is 1. The third-order valence-corrected chi connectivity index (χ3v) is 4.39. The Hall–Kier alpha value is -1.94. The van der Waals surface area contributed by atoms with Crippen LogP contribution in [0.2, 0.25) is 0 Å². The maximum absolute atomic E-state index is 5.77. The van der Waals surface area contributed by atoms with Crippen molar-refractivity contribution in [3.8, 4) is 0 Å². The van der Waals surface area contributed by atoms with Gasteiger partial charge in [-0.25, -0.2) is 4.98 Å². The Balaban J connectivity index is 1.46. The van der Waals surface area contributed by atoms with Crippen molar-refractivity contribution in [1.29, 1.82) is 0 Å². The van der Waals surface area contributed by atoms with Gasteiger partial charge in [0, 0.05) is 11.4 Å². The summed E-state index contributed by atoms with van der Waals surface area (Å²) in [5.41, 5.74) is 9.96. The molecule has 3 rings (SSSR count). The fourth-order valence-corrected chi connectivity index (χ4v) is 3.20. The zero-order chi connectivity index (χ0) is 14.5. The van der Waals surface area contributed by atoms with E-state index in [1.807, 2.05) is 18.2 Å². The normalized spacial score (nSPS) is 11.0. The molecule has 0 aliphatic rings. The summed E-state index contributed by atoms with van der Waals surface area (Å²) in [4.78, 5) is 7.88. The highest BCUT2D eigenvalue weighted by Crippen LogP contribution is 2.22. The zero-order valence-electron chi connectivity index (χ0n) is 11.9. The van der Waals surface area contributed by atoms with Crippen LogP contribution in [0.1, 0.15) is 18.4 Å². The van der Waals surface area contributed by atoms with Crippen molar-refractivity contribution in [3.05, 3.63) is 54.1 Å². The quantitative estimate of drug-likeness (QED) is 0.406. The largest absolute Gasteiger partial charge is 0.399 e. The summed E-state index contributed by atoms with van der Waals surface area (Å²) in [5.74, 6) is 1.09. The molecule has 3 aromatic rings. The maximum atomic E-state index is 5.77. The highest BCUT2D eigenvalue weighted by atomic mass is 32.2. The minimum absolute atomic E-state index is 0.769. The fraction of sp³-hybridized carbons (Fsp3) is 0.235. The second kappa shape index (κ2) is 6.68. The number of aryl methyl sites for hydroxylation is 1. The second-order valence-corrected chi connectivity index (χ2v) is 6.19. The fourth-order valence-electron chi connectivity index (χ4n) is 2.32. The molecule has 0 amide bonds. The first kappa shape index (κ1) is 14.0. The van der Waals surface area contributed by atoms with Crippen LogP contribution < -0.4 is 5.73 Å². The summed E-state index contributed by atoms with van der Waals surface area (Å²) in [7, 11) is 0. The van der Waals surface area contributed by atoms with Crippen molar-refractivity contribution in [2.45, 2.75) is 24.4 Å². The summed E-state index contributed by atoms with van der Waals surface area (Å²) in [6.45, 7) is 0. The molecule has 0 aliphatic heterocycles. The number of fused-ring (bicyclic) bond motifs is 1. The van der Waals surface area contributed by atoms with Crippen molar-refractivity contribution in [2.75, 3.05) is 11.5 Å². The Kier molecular flexibility index (Phi) is 4.46. The minimum atomic E-state index is 0.769. The van der Waals surface area contributed by atoms with Crippen molar-refractivity contribution in [3.63, 3.8) is 0 Å². The molecule has 0 saturated heterocycles. The first-order valence-corrected chi connectivity index (χ1v) is 8.22. The summed E-state index contributed by atoms with van der Waals surface area (Å²) in [5, 5.41) is 0.982. The summed E-state index contributed by atoms with van der Waals surface area (Å²) < 4.78 is 0. The van der Waals surface area contributed by atoms with Gasteiger partial charge in [-0.15, -0.1) is 0 Å². The van der Waals surface area contributed by atoms with Crippen LogP contribution in [-0.2, 0) is 6.42 Å². The first-order chi connectivity index (χ1) is 10.3. The average molecular weight is 297 g/mol. The smallest absolute Gasteiger partial charge is 0.166 e. The number of benzene rings is 2. The van der Waals surface area contributed by atoms with Gasteiger partial charge in [-0.1, -0.05) is 42.1 Å². The lowest BCUT2D eigenvalue weighted by Crippen LogP contribution is -1.87. The number of nitrogen functional groups attached to an aromatic ring is 1. The van der Waals surface area contributed by atoms with Gasteiger partial charge in [0.15, 0.2) is 5.16 Å². The molecule has 3 N–H and O–H groups in total. The van der Waals surface area contributed by atoms with Crippen molar-refractivity contribution < 1.29 is 0 Å². The number of aromatic amines is 1. The summed E-state index contributed by atoms with van der Waals surface area (Å²) in [6, 6.07) is 16.4. The molecule has 0 aliphatic carbocycles. The number of hydrogen-bond donors (Lipinski definition) is 2. The van der Waals surface area contributed by atoms with E-state index in [0.717, 1.165) is 34.1 Å². The number of anilines is 1. The molecule has 0 unspecified atom stereocenters. The number of rotatable bonds is 6. The van der Waals surface area contributed by atoms with E-state index in [1.54, 1.807) is 11.8 Å². The number of imidazole rings is 1. The zero-order valence-corrected chi connectivity index (χ0v) is 12.7. The molecule has 21 heavy (non-hydrogen) atoms. The Bertz CT molecular complexity index is 706. The maximum Gasteiger partial charge on any atom is 0.166 e. The van der Waals surface area contributed by atoms with Crippen LogP contribution in [0.4, 0.5) is 5.69 Å². The number of nitrogens with two attached hydrogens (primary N) is 1. The van der Waals surface area contributed by atoms with Crippen LogP contribution in [0, 0.1) is 0 Å². The van der Waals surface area contributed by atoms with E-state index >= 15 is 0 Å². The third kappa shape index (κ3) is 3.79. The molecule has 1 aromatic heterocycles. The molecule has 108 valence electrons. The van der Waals surface area contributed by atoms with Crippen LogP contribution >= 0.6 is 11.8 Å². The topological polar surface area (TPSA) is 54.7 Å². The highest BCUT2D eigenvalue weighted by molar-refractivity contribution is 7.99. The van der Waals surface area contributed by atoms with Gasteiger partial charge < -0.3 is 10.7 Å². The van der Waals surface area contributed by atoms with Crippen LogP contribution in [-0.4, -0.2) is 15.7 Å². The van der Waals surface area contributed by atoms with E-state index in [0.29, 0.717) is 0 Å². The Morgan fingerprint density at radius 3 is 2.76 bits per heavy atom. The number of nitrogens with zero attached hydrogens (tertiary/aromatic N) is 1. The molecule has 0 saturated carbocycles. The van der Waals surface area contributed by atoms with Gasteiger partial charge in [-0.05, 0) is 43.0 Å². The molecular weight excluding hydrogens is 278 g/mol. The van der Waals surface area contributed by atoms with Crippen LogP contribution in [0.3, 0.4) is 0 Å². The van der Waals surface area contributed by atoms with E-state index < -0.39 is 0 Å². The van der Waals surface area contributed by atoms with Gasteiger partial charge >= 0.3 is 0 Å². The summed E-state index contributed by atoms with van der Waals surface area (Å²) in [6.07, 6.45) is 3.56. The number of aromatic nitrogens is 2. The Labute approximate surface area is 129 Å². The van der Waals surface area contributed by atoms with Gasteiger partial charge in [0.1, 0.15) is 0 Å². The predicted octanol–water partition coefficient (Wildman–Crippen LogP) is 4.26. The van der Waals surface area contributed by atoms with Crippen molar-refractivity contribution >= 4 is 28.5 Å². The van der Waals surface area contributed by atoms with E-state index in [4.69, 9.17) is 5.73 Å². The highest BCUT2D eigenvalue weighted by Gasteiger charge is 2.03. The number of hydrogen-bond acceptors (Lipinski definition) is 3. The first-order valence-electron chi connectivity index (χ1n) is 7.23. The SMILES string of the molecule is Nc1ccc2nc(SCCCCc3ccccc3)[nH]c2c1. The minimum Gasteiger partial charge on any atom is -0.399 e. The molecule has 4 heteroatoms. The van der Waals surface area contributed by atoms with E-state index in [9.17, 15) is 0 Å². The standard InChI is InChI=1S/C17H19N3S/c18-14-9-10-15-16(12-14)20-17(19-15)21-11-5-4-8-13-6-2-1-3-7-13/h1-3,6-7,9-10,12H,4-5,8,11,18H2,(H,19,20). The monoisotopic (exact) mass is 297 g/mol. The predicted molar refractivity (Wildman–Crippen MR) is 90.6 cm³/mol. The van der Waals surface area contributed by atoms with Gasteiger partial charge in [-0.2, -0.15) is 0 Å². The Morgan fingerprint density at radius 2 is 1.90 bits per heavy atom. The molecule has 3 nitrogen and oxygen atoms in total. The second-order valence-electron chi connectivity index (χ2n) is 5.11. The molecule has 0 spiro atoms. The molecule has 0 fully saturated rings. The molecular formula is C17H19N3S. The van der Waals surface area contributed by atoms with Crippen molar-refractivity contribution in [1.82, 2.24) is 9.97 Å². The van der Waals surface area contributed by atoms with E-state index in [-0.39, 0.29) is 0 Å². The summed E-state index contributed by atoms with van der Waals surface area (Å²) >= 11 is 1.78. The average Bonchev–Trinajstić information content (AvgIpc) is 2.90. The Morgan fingerprint density at radius 1 is 1.05 bits per heavy atom. The van der Waals surface area contributed by atoms with E-state index in [1.165, 1.54) is 18.4 Å². The van der Waals surface area contributed by atoms with Crippen molar-refractivity contribution in [2.24, 2.45) is 0 Å². The van der Waals surface area contributed by atoms with Gasteiger partial charge in [-0.3, -0.25) is 0 Å². The van der Waals surface area contributed by atoms with E-state index in [2.05, 4.69) is 40.3 Å². The molecule has 0 radical (unpaired) electrons. The third-order valence-electron chi connectivity index (χ3n) is 3.43. The van der Waals surface area contributed by atoms with Gasteiger partial charge in [0.25, 0.3) is 0 Å². The molecule has 0 atom stereocenters. The molecule has 0 bridgehead atoms. The van der Waals surface area contributed by atoms with Crippen LogP contribution in [0.5, 0.6) is 0 Å². The van der Waals surface area contributed by atoms with Crippen LogP contribution in [0.25, 0.3) is 11.0 Å². The number of unbranched alkanes of at least 4 members (excludes halogenated alkanes) is 1. The lowest BCUT2D eigenvalue weighted by molar-refractivity contribution is 0.801. The van der Waals surface area contributed by atoms with Gasteiger partial charge in [0.2, 0.25) is 0 Å². The number of nitrogens with one attached hydrogen (secondary N) is 1. The molecule has 2 aromatic carbocycles. The lowest BCUT2D eigenvalue weighted by atomic mass is 10.1. The molecule has 1 heterocycles. The van der Waals surface area contributed by atoms with Crippen LogP contribution in [0.15, 0.2) is 53.7 Å². The van der Waals surface area contributed by atoms with Gasteiger partial charge in [0.05, 0.1) is 11.0 Å². The number of thioether (sulfide) groups is 1. The lowest BCUT2D eigenvalue weighted by Gasteiger charge is -2.00.